The Morgan fingerprint density at radius 2 is 1.35 bits per heavy atom. The van der Waals surface area contributed by atoms with E-state index in [0.717, 1.165) is 49.6 Å². The second kappa shape index (κ2) is 9.64. The molecule has 0 saturated heterocycles. The van der Waals surface area contributed by atoms with Gasteiger partial charge in [-0.2, -0.15) is 0 Å². The summed E-state index contributed by atoms with van der Waals surface area (Å²) < 4.78 is 2.12. The number of imide groups is 1. The maximum Gasteiger partial charge on any atom is 0.268 e. The van der Waals surface area contributed by atoms with Crippen molar-refractivity contribution in [2.24, 2.45) is 0 Å². The number of fused-ring (bicyclic) bond motifs is 4. The van der Waals surface area contributed by atoms with Crippen molar-refractivity contribution in [3.63, 3.8) is 0 Å². The fourth-order valence-corrected chi connectivity index (χ4v) is 6.34. The number of amides is 2. The molecule has 3 heterocycles. The lowest BCUT2D eigenvalue weighted by atomic mass is 10.0. The van der Waals surface area contributed by atoms with Crippen LogP contribution in [-0.2, 0) is 0 Å². The van der Waals surface area contributed by atoms with Gasteiger partial charge in [0.25, 0.3) is 11.8 Å². The minimum Gasteiger partial charge on any atom is -0.308 e. The van der Waals surface area contributed by atoms with E-state index in [0.29, 0.717) is 22.5 Å². The van der Waals surface area contributed by atoms with Gasteiger partial charge in [0.1, 0.15) is 0 Å². The lowest BCUT2D eigenvalue weighted by Crippen LogP contribution is -2.29. The molecule has 5 heteroatoms. The largest absolute Gasteiger partial charge is 0.308 e. The van der Waals surface area contributed by atoms with Crippen LogP contribution in [0.4, 0.5) is 5.69 Å². The SMILES string of the molecule is Cc1cnccc1-c1ccc2c3ccccc3n(-c3cccc4c3C(=O)N(c3cccc(-c5ccccc5)c3)C4=O)c2c1. The molecule has 7 aromatic rings. The maximum atomic E-state index is 14.3. The highest BCUT2D eigenvalue weighted by atomic mass is 16.2. The maximum absolute atomic E-state index is 14.3. The van der Waals surface area contributed by atoms with Crippen molar-refractivity contribution in [2.75, 3.05) is 4.90 Å². The molecule has 43 heavy (non-hydrogen) atoms. The molecule has 0 N–H and O–H groups in total. The molecule has 5 aromatic carbocycles. The third kappa shape index (κ3) is 3.82. The Bertz CT molecular complexity index is 2250. The van der Waals surface area contributed by atoms with Crippen LogP contribution in [0.3, 0.4) is 0 Å². The van der Waals surface area contributed by atoms with E-state index in [2.05, 4.69) is 46.8 Å². The van der Waals surface area contributed by atoms with Gasteiger partial charge in [0.2, 0.25) is 0 Å². The first kappa shape index (κ1) is 24.9. The molecule has 0 unspecified atom stereocenters. The monoisotopic (exact) mass is 555 g/mol. The minimum absolute atomic E-state index is 0.319. The van der Waals surface area contributed by atoms with Crippen LogP contribution < -0.4 is 4.90 Å². The number of carbonyl (C=O) groups excluding carboxylic acids is 2. The topological polar surface area (TPSA) is 55.2 Å². The van der Waals surface area contributed by atoms with E-state index >= 15 is 0 Å². The first-order chi connectivity index (χ1) is 21.1. The van der Waals surface area contributed by atoms with Crippen molar-refractivity contribution in [1.29, 1.82) is 0 Å². The molecule has 2 aromatic heterocycles. The quantitative estimate of drug-likeness (QED) is 0.204. The van der Waals surface area contributed by atoms with Gasteiger partial charge in [-0.3, -0.25) is 14.6 Å². The second-order valence-electron chi connectivity index (χ2n) is 10.8. The number of anilines is 1. The Hall–Kier alpha value is -5.81. The summed E-state index contributed by atoms with van der Waals surface area (Å²) in [5, 5.41) is 2.16. The van der Waals surface area contributed by atoms with Crippen LogP contribution in [0.2, 0.25) is 0 Å². The third-order valence-corrected chi connectivity index (χ3v) is 8.35. The Morgan fingerprint density at radius 1 is 0.581 bits per heavy atom. The van der Waals surface area contributed by atoms with Gasteiger partial charge >= 0.3 is 0 Å². The molecule has 1 aliphatic heterocycles. The summed E-state index contributed by atoms with van der Waals surface area (Å²) >= 11 is 0. The van der Waals surface area contributed by atoms with Crippen LogP contribution in [0.5, 0.6) is 0 Å². The van der Waals surface area contributed by atoms with E-state index in [1.165, 1.54) is 4.90 Å². The first-order valence-corrected chi connectivity index (χ1v) is 14.2. The summed E-state index contributed by atoms with van der Waals surface area (Å²) in [6.07, 6.45) is 3.67. The van der Waals surface area contributed by atoms with Crippen LogP contribution in [0.1, 0.15) is 26.3 Å². The molecule has 0 radical (unpaired) electrons. The van der Waals surface area contributed by atoms with E-state index in [1.54, 1.807) is 12.3 Å². The number of rotatable bonds is 4. The van der Waals surface area contributed by atoms with E-state index in [-0.39, 0.29) is 11.8 Å². The van der Waals surface area contributed by atoms with Crippen molar-refractivity contribution >= 4 is 39.3 Å². The predicted molar refractivity (Wildman–Crippen MR) is 172 cm³/mol. The average molecular weight is 556 g/mol. The molecule has 204 valence electrons. The molecule has 1 aliphatic rings. The lowest BCUT2D eigenvalue weighted by molar-refractivity contribution is 0.0926. The zero-order valence-electron chi connectivity index (χ0n) is 23.4. The lowest BCUT2D eigenvalue weighted by Gasteiger charge is -2.16. The summed E-state index contributed by atoms with van der Waals surface area (Å²) in [4.78, 5) is 33.7. The van der Waals surface area contributed by atoms with Crippen LogP contribution in [-0.4, -0.2) is 21.4 Å². The van der Waals surface area contributed by atoms with Crippen LogP contribution in [0, 0.1) is 6.92 Å². The molecule has 8 rings (SSSR count). The summed E-state index contributed by atoms with van der Waals surface area (Å²) in [5.74, 6) is -0.645. The second-order valence-corrected chi connectivity index (χ2v) is 10.8. The Morgan fingerprint density at radius 3 is 2.21 bits per heavy atom. The number of aromatic nitrogens is 2. The van der Waals surface area contributed by atoms with Gasteiger partial charge in [-0.05, 0) is 77.2 Å². The Kier molecular flexibility index (Phi) is 5.59. The molecule has 5 nitrogen and oxygen atoms in total. The third-order valence-electron chi connectivity index (χ3n) is 8.35. The molecule has 0 atom stereocenters. The van der Waals surface area contributed by atoms with Crippen molar-refractivity contribution in [1.82, 2.24) is 9.55 Å². The van der Waals surface area contributed by atoms with Crippen LogP contribution >= 0.6 is 0 Å². The van der Waals surface area contributed by atoms with Crippen molar-refractivity contribution in [3.8, 4) is 27.9 Å². The number of nitrogens with zero attached hydrogens (tertiary/aromatic N) is 3. The molecule has 0 saturated carbocycles. The zero-order valence-corrected chi connectivity index (χ0v) is 23.4. The van der Waals surface area contributed by atoms with Gasteiger partial charge in [-0.25, -0.2) is 4.90 Å². The van der Waals surface area contributed by atoms with Gasteiger partial charge in [0, 0.05) is 23.2 Å². The molecule has 0 spiro atoms. The smallest absolute Gasteiger partial charge is 0.268 e. The van der Waals surface area contributed by atoms with Crippen LogP contribution in [0.15, 0.2) is 134 Å². The van der Waals surface area contributed by atoms with Crippen molar-refractivity contribution < 1.29 is 9.59 Å². The predicted octanol–water partition coefficient (Wildman–Crippen LogP) is 8.62. The van der Waals surface area contributed by atoms with E-state index in [9.17, 15) is 9.59 Å². The molecule has 2 amide bonds. The summed E-state index contributed by atoms with van der Waals surface area (Å²) in [7, 11) is 0. The van der Waals surface area contributed by atoms with E-state index in [1.807, 2.05) is 91.1 Å². The van der Waals surface area contributed by atoms with Gasteiger partial charge in [-0.1, -0.05) is 78.9 Å². The van der Waals surface area contributed by atoms with Gasteiger partial charge in [0.05, 0.1) is 33.5 Å². The fraction of sp³-hybridized carbons (Fsp3) is 0.0263. The van der Waals surface area contributed by atoms with Crippen LogP contribution in [0.25, 0.3) is 49.7 Å². The number of pyridine rings is 1. The van der Waals surface area contributed by atoms with E-state index < -0.39 is 0 Å². The number of hydrogen-bond acceptors (Lipinski definition) is 3. The number of carbonyl (C=O) groups is 2. The highest BCUT2D eigenvalue weighted by Gasteiger charge is 2.39. The number of aryl methyl sites for hydroxylation is 1. The molecular formula is C38H25N3O2. The zero-order chi connectivity index (χ0) is 29.1. The number of para-hydroxylation sites is 1. The molecular weight excluding hydrogens is 530 g/mol. The average Bonchev–Trinajstić information content (AvgIpc) is 3.52. The molecule has 0 fully saturated rings. The number of hydrogen-bond donors (Lipinski definition) is 0. The fourth-order valence-electron chi connectivity index (χ4n) is 6.34. The van der Waals surface area contributed by atoms with E-state index in [4.69, 9.17) is 0 Å². The summed E-state index contributed by atoms with van der Waals surface area (Å²) in [6, 6.07) is 39.7. The summed E-state index contributed by atoms with van der Waals surface area (Å²) in [5.41, 5.74) is 9.19. The first-order valence-electron chi connectivity index (χ1n) is 14.2. The molecule has 0 aliphatic carbocycles. The van der Waals surface area contributed by atoms with Gasteiger partial charge in [0.15, 0.2) is 0 Å². The Balaban J connectivity index is 1.32. The standard InChI is InChI=1S/C38H25N3O2/c1-24-23-39-20-19-29(24)27-17-18-31-30-13-5-6-15-33(30)41(35(31)22-27)34-16-8-14-32-36(34)38(43)40(37(32)42)28-12-7-11-26(21-28)25-9-3-2-4-10-25/h2-23H,1H3. The normalized spacial score (nSPS) is 12.8. The highest BCUT2D eigenvalue weighted by Crippen LogP contribution is 2.39. The van der Waals surface area contributed by atoms with Gasteiger partial charge < -0.3 is 4.57 Å². The Labute approximate surface area is 248 Å². The van der Waals surface area contributed by atoms with Crippen molar-refractivity contribution in [2.45, 2.75) is 6.92 Å². The minimum atomic E-state index is -0.326. The summed E-state index contributed by atoms with van der Waals surface area (Å²) in [6.45, 7) is 2.05. The number of benzene rings is 5. The molecule has 0 bridgehead atoms. The highest BCUT2D eigenvalue weighted by molar-refractivity contribution is 6.36. The van der Waals surface area contributed by atoms with Crippen molar-refractivity contribution in [3.05, 3.63) is 150 Å². The van der Waals surface area contributed by atoms with Gasteiger partial charge in [-0.15, -0.1) is 0 Å².